The van der Waals surface area contributed by atoms with Gasteiger partial charge >= 0.3 is 0 Å². The summed E-state index contributed by atoms with van der Waals surface area (Å²) in [6.45, 7) is 2.63. The molecule has 2 fully saturated rings. The zero-order valence-electron chi connectivity index (χ0n) is 5.89. The number of ether oxygens (including phenoxy) is 1. The van der Waals surface area contributed by atoms with Crippen LogP contribution in [0, 0.1) is 0 Å². The molecule has 8 heavy (non-hydrogen) atoms. The smallest absolute Gasteiger partial charge is 0.122 e. The Morgan fingerprint density at radius 2 is 2.50 bits per heavy atom. The van der Waals surface area contributed by atoms with Gasteiger partial charge in [-0.3, -0.25) is 0 Å². The Morgan fingerprint density at radius 1 is 1.62 bits per heavy atom. The predicted octanol–water partition coefficient (Wildman–Crippen LogP) is 0.139. The van der Waals surface area contributed by atoms with E-state index in [0.29, 0.717) is 0 Å². The molecular weight excluding hydrogens is 102 g/mol. The maximum absolute atomic E-state index is 7.28. The van der Waals surface area contributed by atoms with Crippen molar-refractivity contribution < 1.29 is 6.15 Å². The summed E-state index contributed by atoms with van der Waals surface area (Å²) in [5.74, 6) is 0. The summed E-state index contributed by atoms with van der Waals surface area (Å²) in [5.41, 5.74) is 0.127. The van der Waals surface area contributed by atoms with E-state index < -0.39 is 0 Å². The summed E-state index contributed by atoms with van der Waals surface area (Å²) < 4.78 is 12.7. The summed E-state index contributed by atoms with van der Waals surface area (Å²) in [6, 6.07) is 0. The van der Waals surface area contributed by atoms with Crippen LogP contribution in [0.3, 0.4) is 0 Å². The van der Waals surface area contributed by atoms with E-state index in [2.05, 4.69) is 0 Å². The second kappa shape index (κ2) is 1.45. The molecule has 0 aromatic heterocycles. The number of hydrogen-bond donors (Lipinski definition) is 1. The average Bonchev–Trinajstić information content (AvgIpc) is 2.09. The molecule has 46 valence electrons. The zero-order valence-corrected chi connectivity index (χ0v) is 4.89. The quantitative estimate of drug-likeness (QED) is 0.483. The van der Waals surface area contributed by atoms with Gasteiger partial charge in [0.1, 0.15) is 1.41 Å². The molecule has 1 N–H and O–H groups in total. The third kappa shape index (κ3) is 0.501. The Hall–Kier alpha value is -0.0800. The fraction of sp³-hybridized carbons (Fsp3) is 1.00. The van der Waals surface area contributed by atoms with Crippen LogP contribution in [0.4, 0.5) is 0 Å². The normalized spacial score (nSPS) is 49.2. The first-order valence-corrected chi connectivity index (χ1v) is 3.19. The van der Waals surface area contributed by atoms with E-state index in [9.17, 15) is 0 Å². The van der Waals surface area contributed by atoms with Crippen molar-refractivity contribution in [3.63, 3.8) is 0 Å². The van der Waals surface area contributed by atoms with Crippen LogP contribution in [0.15, 0.2) is 0 Å². The van der Waals surface area contributed by atoms with Crippen LogP contribution in [0.25, 0.3) is 0 Å². The molecule has 2 aliphatic heterocycles. The van der Waals surface area contributed by atoms with Crippen LogP contribution in [0.2, 0.25) is 1.41 Å². The second-order valence-electron chi connectivity index (χ2n) is 2.64. The number of rotatable bonds is 0. The van der Waals surface area contributed by atoms with Gasteiger partial charge < -0.3 is 10.0 Å². The molecule has 0 bridgehead atoms. The third-order valence-corrected chi connectivity index (χ3v) is 2.09. The van der Waals surface area contributed by atoms with Crippen LogP contribution < -0.4 is 5.31 Å². The lowest BCUT2D eigenvalue weighted by Gasteiger charge is -2.37. The van der Waals surface area contributed by atoms with E-state index in [0.717, 1.165) is 26.1 Å². The Labute approximate surface area is 50.7 Å². The van der Waals surface area contributed by atoms with Crippen LogP contribution in [0.5, 0.6) is 0 Å². The van der Waals surface area contributed by atoms with Gasteiger partial charge in [0.05, 0.1) is 12.2 Å². The van der Waals surface area contributed by atoms with Gasteiger partial charge in [-0.15, -0.1) is 0 Å². The summed E-state index contributed by atoms with van der Waals surface area (Å²) >= 11 is 0. The fourth-order valence-corrected chi connectivity index (χ4v) is 1.36. The summed E-state index contributed by atoms with van der Waals surface area (Å²) in [5, 5.41) is 1.60. The van der Waals surface area contributed by atoms with Gasteiger partial charge in [-0.25, -0.2) is 0 Å². The van der Waals surface area contributed by atoms with E-state index in [1.54, 1.807) is 5.31 Å². The topological polar surface area (TPSA) is 21.3 Å². The van der Waals surface area contributed by atoms with Crippen molar-refractivity contribution in [1.29, 1.82) is 0 Å². The molecule has 2 rings (SSSR count). The minimum absolute atomic E-state index is 0.127. The van der Waals surface area contributed by atoms with E-state index in [1.807, 2.05) is 0 Å². The van der Waals surface area contributed by atoms with Crippen molar-refractivity contribution in [2.75, 3.05) is 19.7 Å². The third-order valence-electron chi connectivity index (χ3n) is 2.09. The van der Waals surface area contributed by atoms with Gasteiger partial charge in [0.2, 0.25) is 0 Å². The maximum Gasteiger partial charge on any atom is 0.122 e. The summed E-state index contributed by atoms with van der Waals surface area (Å²) in [7, 11) is 0. The van der Waals surface area contributed by atoms with Crippen LogP contribution in [-0.2, 0) is 4.74 Å². The Morgan fingerprint density at radius 3 is 2.75 bits per heavy atom. The van der Waals surface area contributed by atoms with Crippen molar-refractivity contribution in [2.24, 2.45) is 0 Å². The highest BCUT2D eigenvalue weighted by molar-refractivity contribution is 4.94. The summed E-state index contributed by atoms with van der Waals surface area (Å²) in [6.07, 6.45) is 2.24. The minimum Gasteiger partial charge on any atom is -0.373 e. The first kappa shape index (κ1) is 3.85. The Kier molecular flexibility index (Phi) is 0.700. The predicted molar refractivity (Wildman–Crippen MR) is 30.8 cm³/mol. The average molecular weight is 114 g/mol. The van der Waals surface area contributed by atoms with Gasteiger partial charge in [0, 0.05) is 13.0 Å². The van der Waals surface area contributed by atoms with Crippen LogP contribution >= 0.6 is 0 Å². The highest BCUT2D eigenvalue weighted by Gasteiger charge is 2.40. The lowest BCUT2D eigenvalue weighted by Crippen LogP contribution is -2.45. The maximum atomic E-state index is 7.28. The first-order valence-electron chi connectivity index (χ1n) is 3.63. The van der Waals surface area contributed by atoms with E-state index in [1.165, 1.54) is 6.42 Å². The molecule has 0 aromatic carbocycles. The van der Waals surface area contributed by atoms with Crippen LogP contribution in [-0.4, -0.2) is 25.3 Å². The SMILES string of the molecule is [2H]N1CCC2(CCO2)C1. The van der Waals surface area contributed by atoms with Crippen molar-refractivity contribution >= 4 is 0 Å². The largest absolute Gasteiger partial charge is 0.373 e. The van der Waals surface area contributed by atoms with Crippen molar-refractivity contribution in [3.8, 4) is 0 Å². The first-order chi connectivity index (χ1) is 4.31. The monoisotopic (exact) mass is 114 g/mol. The Balaban J connectivity index is 1.99. The molecule has 0 radical (unpaired) electrons. The van der Waals surface area contributed by atoms with Crippen LogP contribution in [0.1, 0.15) is 12.8 Å². The van der Waals surface area contributed by atoms with Gasteiger partial charge in [-0.1, -0.05) is 0 Å². The number of hydrogen-bond acceptors (Lipinski definition) is 2. The molecule has 1 atom stereocenters. The highest BCUT2D eigenvalue weighted by Crippen LogP contribution is 2.31. The molecule has 0 aromatic rings. The molecule has 2 heterocycles. The van der Waals surface area contributed by atoms with Gasteiger partial charge in [0.15, 0.2) is 0 Å². The lowest BCUT2D eigenvalue weighted by molar-refractivity contribution is -0.131. The van der Waals surface area contributed by atoms with Crippen molar-refractivity contribution in [2.45, 2.75) is 18.4 Å². The minimum atomic E-state index is 0.127. The van der Waals surface area contributed by atoms with Gasteiger partial charge in [-0.2, -0.15) is 0 Å². The molecule has 2 saturated heterocycles. The van der Waals surface area contributed by atoms with E-state index in [-0.39, 0.29) is 5.60 Å². The molecular formula is C6H11NO. The molecule has 1 unspecified atom stereocenters. The molecule has 0 aliphatic carbocycles. The van der Waals surface area contributed by atoms with E-state index in [4.69, 9.17) is 6.15 Å². The van der Waals surface area contributed by atoms with Crippen molar-refractivity contribution in [3.05, 3.63) is 0 Å². The summed E-state index contributed by atoms with van der Waals surface area (Å²) in [4.78, 5) is 0. The molecule has 1 spiro atoms. The molecule has 2 aliphatic rings. The zero-order chi connectivity index (χ0) is 6.32. The van der Waals surface area contributed by atoms with E-state index >= 15 is 0 Å². The highest BCUT2D eigenvalue weighted by atomic mass is 16.5. The second-order valence-corrected chi connectivity index (χ2v) is 2.64. The lowest BCUT2D eigenvalue weighted by atomic mass is 9.94. The van der Waals surface area contributed by atoms with Gasteiger partial charge in [-0.05, 0) is 13.0 Å². The van der Waals surface area contributed by atoms with Gasteiger partial charge in [0.25, 0.3) is 0 Å². The molecule has 2 nitrogen and oxygen atoms in total. The number of nitrogens with one attached hydrogen (secondary N) is 1. The molecule has 0 saturated carbocycles. The fourth-order valence-electron chi connectivity index (χ4n) is 1.36. The van der Waals surface area contributed by atoms with Crippen molar-refractivity contribution in [1.82, 2.24) is 5.31 Å². The standard InChI is InChI=1S/C6H11NO/c1-3-7-5-6(1)2-4-8-6/h7H,1-5H2/i/hD. The molecule has 2 heteroatoms. The molecule has 0 amide bonds. The Bertz CT molecular complexity index is 124.